The van der Waals surface area contributed by atoms with Crippen LogP contribution in [0.4, 0.5) is 0 Å². The van der Waals surface area contributed by atoms with E-state index in [9.17, 15) is 9.59 Å². The highest BCUT2D eigenvalue weighted by molar-refractivity contribution is 6.02. The van der Waals surface area contributed by atoms with Crippen LogP contribution in [0, 0.1) is 0 Å². The van der Waals surface area contributed by atoms with Crippen molar-refractivity contribution in [2.45, 2.75) is 44.7 Å². The smallest absolute Gasteiger partial charge is 0.287 e. The Bertz CT molecular complexity index is 975. The van der Waals surface area contributed by atoms with Crippen molar-refractivity contribution in [3.05, 3.63) is 71.8 Å². The molecule has 0 spiro atoms. The van der Waals surface area contributed by atoms with Gasteiger partial charge in [0.25, 0.3) is 11.8 Å². The van der Waals surface area contributed by atoms with Crippen LogP contribution in [0.2, 0.25) is 0 Å². The third kappa shape index (κ3) is 3.91. The number of hydrogen-bond acceptors (Lipinski definition) is 3. The minimum Gasteiger partial charge on any atom is -0.348 e. The van der Waals surface area contributed by atoms with Crippen molar-refractivity contribution in [3.63, 3.8) is 0 Å². The molecule has 2 aromatic heterocycles. The van der Waals surface area contributed by atoms with E-state index in [4.69, 9.17) is 0 Å². The number of benzene rings is 1. The summed E-state index contributed by atoms with van der Waals surface area (Å²) < 4.78 is 1.68. The first-order chi connectivity index (χ1) is 13.7. The van der Waals surface area contributed by atoms with Gasteiger partial charge in [-0.3, -0.25) is 14.0 Å². The van der Waals surface area contributed by atoms with Crippen LogP contribution in [-0.4, -0.2) is 27.2 Å². The number of carbonyl (C=O) groups is 2. The van der Waals surface area contributed by atoms with Crippen LogP contribution in [0.15, 0.2) is 54.7 Å². The molecule has 2 heterocycles. The Balaban J connectivity index is 1.55. The maximum atomic E-state index is 12.8. The van der Waals surface area contributed by atoms with Gasteiger partial charge in [-0.05, 0) is 30.5 Å². The quantitative estimate of drug-likeness (QED) is 0.717. The standard InChI is InChI=1S/C22H24N4O2/c27-21(24-17-11-5-2-6-12-17)19-18-13-7-8-14-26(18)20(25-19)22(28)23-15-16-9-3-1-4-10-16/h1,3-4,7-10,13-14,17H,2,5-6,11-12,15H2,(H,23,28)(H,24,27). The predicted octanol–water partition coefficient (Wildman–Crippen LogP) is 3.33. The summed E-state index contributed by atoms with van der Waals surface area (Å²) in [5.41, 5.74) is 1.95. The van der Waals surface area contributed by atoms with Crippen molar-refractivity contribution >= 4 is 17.3 Å². The second-order valence-corrected chi connectivity index (χ2v) is 7.22. The summed E-state index contributed by atoms with van der Waals surface area (Å²) in [7, 11) is 0. The molecule has 0 unspecified atom stereocenters. The Kier molecular flexibility index (Phi) is 5.37. The summed E-state index contributed by atoms with van der Waals surface area (Å²) in [5, 5.41) is 5.98. The van der Waals surface area contributed by atoms with Crippen molar-refractivity contribution < 1.29 is 9.59 Å². The van der Waals surface area contributed by atoms with Crippen molar-refractivity contribution in [1.82, 2.24) is 20.0 Å². The summed E-state index contributed by atoms with van der Waals surface area (Å²) in [6.45, 7) is 0.408. The lowest BCUT2D eigenvalue weighted by molar-refractivity contribution is 0.0925. The first-order valence-electron chi connectivity index (χ1n) is 9.82. The number of aromatic nitrogens is 2. The Labute approximate surface area is 164 Å². The molecule has 6 nitrogen and oxygen atoms in total. The molecule has 4 rings (SSSR count). The van der Waals surface area contributed by atoms with Gasteiger partial charge in [0.2, 0.25) is 5.82 Å². The maximum absolute atomic E-state index is 12.8. The normalized spacial score (nSPS) is 14.7. The first-order valence-corrected chi connectivity index (χ1v) is 9.82. The molecule has 0 bridgehead atoms. The van der Waals surface area contributed by atoms with Crippen molar-refractivity contribution in [1.29, 1.82) is 0 Å². The summed E-state index contributed by atoms with van der Waals surface area (Å²) in [5.74, 6) is -0.292. The highest BCUT2D eigenvalue weighted by atomic mass is 16.2. The number of amides is 2. The van der Waals surface area contributed by atoms with Crippen LogP contribution in [0.25, 0.3) is 5.52 Å². The molecule has 0 radical (unpaired) electrons. The molecule has 1 fully saturated rings. The van der Waals surface area contributed by atoms with Gasteiger partial charge >= 0.3 is 0 Å². The number of imidazole rings is 1. The molecule has 0 aliphatic heterocycles. The number of hydrogen-bond donors (Lipinski definition) is 2. The van der Waals surface area contributed by atoms with Crippen LogP contribution in [0.1, 0.15) is 58.8 Å². The van der Waals surface area contributed by atoms with Gasteiger partial charge in [0.15, 0.2) is 5.69 Å². The van der Waals surface area contributed by atoms with Gasteiger partial charge in [0, 0.05) is 18.8 Å². The van der Waals surface area contributed by atoms with Crippen LogP contribution in [0.3, 0.4) is 0 Å². The molecule has 144 valence electrons. The molecule has 1 aliphatic rings. The third-order valence-electron chi connectivity index (χ3n) is 5.20. The molecular formula is C22H24N4O2. The number of fused-ring (bicyclic) bond motifs is 1. The fraction of sp³-hybridized carbons (Fsp3) is 0.318. The molecule has 1 aliphatic carbocycles. The van der Waals surface area contributed by atoms with Gasteiger partial charge in [-0.2, -0.15) is 0 Å². The lowest BCUT2D eigenvalue weighted by Gasteiger charge is -2.22. The monoisotopic (exact) mass is 376 g/mol. The van der Waals surface area contributed by atoms with E-state index in [-0.39, 0.29) is 23.7 Å². The topological polar surface area (TPSA) is 75.5 Å². The predicted molar refractivity (Wildman–Crippen MR) is 107 cm³/mol. The average molecular weight is 376 g/mol. The van der Waals surface area contributed by atoms with Crippen molar-refractivity contribution in [2.24, 2.45) is 0 Å². The fourth-order valence-electron chi connectivity index (χ4n) is 3.72. The summed E-state index contributed by atoms with van der Waals surface area (Å²) in [6.07, 6.45) is 7.27. The van der Waals surface area contributed by atoms with E-state index in [1.165, 1.54) is 6.42 Å². The number of nitrogens with zero attached hydrogens (tertiary/aromatic N) is 2. The Hall–Kier alpha value is -3.15. The van der Waals surface area contributed by atoms with Crippen LogP contribution >= 0.6 is 0 Å². The SMILES string of the molecule is O=C(NC1CCCCC1)c1nc(C(=O)NCc2ccccc2)n2ccccc12. The lowest BCUT2D eigenvalue weighted by Crippen LogP contribution is -2.36. The van der Waals surface area contributed by atoms with E-state index in [1.54, 1.807) is 10.6 Å². The molecule has 0 saturated heterocycles. The van der Waals surface area contributed by atoms with Gasteiger partial charge in [0.1, 0.15) is 0 Å². The Morgan fingerprint density at radius 3 is 2.50 bits per heavy atom. The van der Waals surface area contributed by atoms with E-state index in [1.807, 2.05) is 48.5 Å². The molecule has 3 aromatic rings. The molecule has 0 atom stereocenters. The third-order valence-corrected chi connectivity index (χ3v) is 5.20. The molecule has 28 heavy (non-hydrogen) atoms. The fourth-order valence-corrected chi connectivity index (χ4v) is 3.72. The van der Waals surface area contributed by atoms with Crippen LogP contribution in [-0.2, 0) is 6.54 Å². The maximum Gasteiger partial charge on any atom is 0.287 e. The van der Waals surface area contributed by atoms with Crippen molar-refractivity contribution in [2.75, 3.05) is 0 Å². The zero-order valence-electron chi connectivity index (χ0n) is 15.7. The minimum absolute atomic E-state index is 0.192. The highest BCUT2D eigenvalue weighted by Gasteiger charge is 2.23. The Morgan fingerprint density at radius 2 is 1.71 bits per heavy atom. The first kappa shape index (κ1) is 18.2. The van der Waals surface area contributed by atoms with Gasteiger partial charge in [-0.15, -0.1) is 0 Å². The summed E-state index contributed by atoms with van der Waals surface area (Å²) >= 11 is 0. The molecule has 2 amide bonds. The molecule has 2 N–H and O–H groups in total. The zero-order valence-corrected chi connectivity index (χ0v) is 15.7. The lowest BCUT2D eigenvalue weighted by atomic mass is 9.95. The largest absolute Gasteiger partial charge is 0.348 e. The van der Waals surface area contributed by atoms with Gasteiger partial charge < -0.3 is 10.6 Å². The molecule has 1 aromatic carbocycles. The molecule has 6 heteroatoms. The van der Waals surface area contributed by atoms with E-state index in [0.717, 1.165) is 31.2 Å². The highest BCUT2D eigenvalue weighted by Crippen LogP contribution is 2.19. The van der Waals surface area contributed by atoms with Gasteiger partial charge in [0.05, 0.1) is 5.52 Å². The minimum atomic E-state index is -0.304. The van der Waals surface area contributed by atoms with Crippen LogP contribution < -0.4 is 10.6 Å². The second kappa shape index (κ2) is 8.25. The number of carbonyl (C=O) groups excluding carboxylic acids is 2. The van der Waals surface area contributed by atoms with E-state index in [0.29, 0.717) is 17.8 Å². The molecular weight excluding hydrogens is 352 g/mol. The number of pyridine rings is 1. The van der Waals surface area contributed by atoms with E-state index < -0.39 is 0 Å². The van der Waals surface area contributed by atoms with E-state index >= 15 is 0 Å². The summed E-state index contributed by atoms with van der Waals surface area (Å²) in [6, 6.07) is 15.4. The average Bonchev–Trinajstić information content (AvgIpc) is 3.13. The van der Waals surface area contributed by atoms with Crippen LogP contribution in [0.5, 0.6) is 0 Å². The zero-order chi connectivity index (χ0) is 19.3. The van der Waals surface area contributed by atoms with E-state index in [2.05, 4.69) is 15.6 Å². The van der Waals surface area contributed by atoms with Crippen molar-refractivity contribution in [3.8, 4) is 0 Å². The van der Waals surface area contributed by atoms with Gasteiger partial charge in [-0.25, -0.2) is 4.98 Å². The molecule has 1 saturated carbocycles. The van der Waals surface area contributed by atoms with Gasteiger partial charge in [-0.1, -0.05) is 55.7 Å². The summed E-state index contributed by atoms with van der Waals surface area (Å²) in [4.78, 5) is 30.0. The second-order valence-electron chi connectivity index (χ2n) is 7.22. The number of nitrogens with one attached hydrogen (secondary N) is 2. The number of rotatable bonds is 5. The Morgan fingerprint density at radius 1 is 0.964 bits per heavy atom.